The van der Waals surface area contributed by atoms with Gasteiger partial charge in [-0.25, -0.2) is 0 Å². The molecular weight excluding hydrogens is 356 g/mol. The zero-order valence-corrected chi connectivity index (χ0v) is 17.6. The summed E-state index contributed by atoms with van der Waals surface area (Å²) in [5.74, 6) is 2.76. The van der Waals surface area contributed by atoms with Gasteiger partial charge in [-0.1, -0.05) is 48.9 Å². The number of carbonyl (C=O) groups excluding carboxylic acids is 1. The van der Waals surface area contributed by atoms with Crippen molar-refractivity contribution in [2.24, 2.45) is 17.8 Å². The Balaban J connectivity index is 1.17. The van der Waals surface area contributed by atoms with Crippen LogP contribution in [0.4, 0.5) is 0 Å². The largest absolute Gasteiger partial charge is 0.353 e. The second-order valence-corrected chi connectivity index (χ2v) is 9.78. The number of nitrogens with one attached hydrogen (secondary N) is 1. The van der Waals surface area contributed by atoms with Crippen molar-refractivity contribution in [1.82, 2.24) is 10.2 Å². The highest BCUT2D eigenvalue weighted by molar-refractivity contribution is 5.85. The molecule has 0 heterocycles. The summed E-state index contributed by atoms with van der Waals surface area (Å²) in [7, 11) is 0. The Hall–Kier alpha value is -1.87. The first kappa shape index (κ1) is 19.1. The molecule has 3 saturated carbocycles. The van der Waals surface area contributed by atoms with Crippen molar-refractivity contribution in [3.8, 4) is 0 Å². The summed E-state index contributed by atoms with van der Waals surface area (Å²) in [4.78, 5) is 15.2. The SMILES string of the molecule is CC(NC(=O)CCN(Cc1cccc2ccccc12)C1CC1)C1CC2CCC1C2. The molecule has 4 unspecified atom stereocenters. The molecule has 5 rings (SSSR count). The van der Waals surface area contributed by atoms with Crippen LogP contribution in [0.2, 0.25) is 0 Å². The van der Waals surface area contributed by atoms with Crippen LogP contribution in [0.15, 0.2) is 42.5 Å². The predicted molar refractivity (Wildman–Crippen MR) is 119 cm³/mol. The third-order valence-electron chi connectivity index (χ3n) is 7.77. The second kappa shape index (κ2) is 8.10. The van der Waals surface area contributed by atoms with E-state index in [2.05, 4.69) is 59.6 Å². The van der Waals surface area contributed by atoms with E-state index in [1.54, 1.807) is 0 Å². The number of fused-ring (bicyclic) bond motifs is 3. The Morgan fingerprint density at radius 3 is 2.66 bits per heavy atom. The first-order valence-electron chi connectivity index (χ1n) is 11.7. The van der Waals surface area contributed by atoms with Crippen molar-refractivity contribution >= 4 is 16.7 Å². The molecule has 0 aliphatic heterocycles. The summed E-state index contributed by atoms with van der Waals surface area (Å²) in [5.41, 5.74) is 1.38. The van der Waals surface area contributed by atoms with Crippen molar-refractivity contribution in [2.45, 2.75) is 70.5 Å². The lowest BCUT2D eigenvalue weighted by Gasteiger charge is -2.29. The van der Waals surface area contributed by atoms with Crippen LogP contribution in [0.3, 0.4) is 0 Å². The molecule has 29 heavy (non-hydrogen) atoms. The second-order valence-electron chi connectivity index (χ2n) is 9.78. The highest BCUT2D eigenvalue weighted by Gasteiger charge is 2.42. The molecule has 3 fully saturated rings. The normalized spacial score (nSPS) is 26.9. The molecule has 0 aromatic heterocycles. The monoisotopic (exact) mass is 390 g/mol. The summed E-state index contributed by atoms with van der Waals surface area (Å²) >= 11 is 0. The van der Waals surface area contributed by atoms with Gasteiger partial charge in [0.1, 0.15) is 0 Å². The number of rotatable bonds is 8. The zero-order valence-electron chi connectivity index (χ0n) is 17.6. The summed E-state index contributed by atoms with van der Waals surface area (Å²) in [6, 6.07) is 16.2. The fourth-order valence-electron chi connectivity index (χ4n) is 6.06. The lowest BCUT2D eigenvalue weighted by Crippen LogP contribution is -2.41. The van der Waals surface area contributed by atoms with Gasteiger partial charge in [0.2, 0.25) is 5.91 Å². The van der Waals surface area contributed by atoms with Crippen LogP contribution in [0, 0.1) is 17.8 Å². The maximum absolute atomic E-state index is 12.7. The van der Waals surface area contributed by atoms with E-state index in [-0.39, 0.29) is 5.91 Å². The average Bonchev–Trinajstić information content (AvgIpc) is 3.36. The molecule has 3 aliphatic rings. The Bertz CT molecular complexity index is 869. The number of nitrogens with zero attached hydrogens (tertiary/aromatic N) is 1. The number of hydrogen-bond acceptors (Lipinski definition) is 2. The third kappa shape index (κ3) is 4.21. The minimum atomic E-state index is 0.240. The van der Waals surface area contributed by atoms with Gasteiger partial charge in [0.25, 0.3) is 0 Å². The van der Waals surface area contributed by atoms with Crippen LogP contribution in [-0.4, -0.2) is 29.4 Å². The van der Waals surface area contributed by atoms with Crippen LogP contribution < -0.4 is 5.32 Å². The minimum Gasteiger partial charge on any atom is -0.353 e. The van der Waals surface area contributed by atoms with E-state index in [1.165, 1.54) is 54.9 Å². The number of benzene rings is 2. The Labute approximate surface area is 174 Å². The van der Waals surface area contributed by atoms with Gasteiger partial charge in [-0.2, -0.15) is 0 Å². The van der Waals surface area contributed by atoms with E-state index < -0.39 is 0 Å². The van der Waals surface area contributed by atoms with Crippen molar-refractivity contribution in [3.05, 3.63) is 48.0 Å². The van der Waals surface area contributed by atoms with Gasteiger partial charge in [0.05, 0.1) is 0 Å². The number of hydrogen-bond donors (Lipinski definition) is 1. The molecule has 0 radical (unpaired) electrons. The number of carbonyl (C=O) groups is 1. The first-order valence-corrected chi connectivity index (χ1v) is 11.7. The fourth-order valence-corrected chi connectivity index (χ4v) is 6.06. The molecule has 2 aromatic rings. The lowest BCUT2D eigenvalue weighted by atomic mass is 9.84. The molecule has 1 N–H and O–H groups in total. The summed E-state index contributed by atoms with van der Waals surface area (Å²) in [6.45, 7) is 4.04. The predicted octanol–water partition coefficient (Wildman–Crippen LogP) is 5.14. The lowest BCUT2D eigenvalue weighted by molar-refractivity contribution is -0.122. The van der Waals surface area contributed by atoms with E-state index in [1.807, 2.05) is 0 Å². The Morgan fingerprint density at radius 1 is 1.07 bits per heavy atom. The van der Waals surface area contributed by atoms with Gasteiger partial charge in [-0.3, -0.25) is 9.69 Å². The van der Waals surface area contributed by atoms with Crippen molar-refractivity contribution in [1.29, 1.82) is 0 Å². The average molecular weight is 391 g/mol. The Morgan fingerprint density at radius 2 is 1.90 bits per heavy atom. The van der Waals surface area contributed by atoms with Gasteiger partial charge < -0.3 is 5.32 Å². The van der Waals surface area contributed by atoms with Crippen molar-refractivity contribution in [2.75, 3.05) is 6.54 Å². The molecule has 2 bridgehead atoms. The van der Waals surface area contributed by atoms with Crippen LogP contribution in [0.5, 0.6) is 0 Å². The van der Waals surface area contributed by atoms with E-state index in [0.29, 0.717) is 24.4 Å². The highest BCUT2D eigenvalue weighted by atomic mass is 16.1. The van der Waals surface area contributed by atoms with E-state index in [4.69, 9.17) is 0 Å². The fraction of sp³-hybridized carbons (Fsp3) is 0.577. The summed E-state index contributed by atoms with van der Waals surface area (Å²) in [5, 5.41) is 6.00. The quantitative estimate of drug-likeness (QED) is 0.677. The van der Waals surface area contributed by atoms with Gasteiger partial charge >= 0.3 is 0 Å². The molecule has 0 spiro atoms. The third-order valence-corrected chi connectivity index (χ3v) is 7.77. The maximum atomic E-state index is 12.7. The minimum absolute atomic E-state index is 0.240. The van der Waals surface area contributed by atoms with Crippen molar-refractivity contribution in [3.63, 3.8) is 0 Å². The standard InChI is InChI=1S/C26H34N2O/c1-18(25-16-19-9-10-21(25)15-19)27-26(29)13-14-28(23-11-12-23)17-22-7-4-6-20-5-2-3-8-24(20)22/h2-8,18-19,21,23,25H,9-17H2,1H3,(H,27,29). The maximum Gasteiger partial charge on any atom is 0.221 e. The zero-order chi connectivity index (χ0) is 19.8. The molecular formula is C26H34N2O. The van der Waals surface area contributed by atoms with Gasteiger partial charge in [-0.15, -0.1) is 0 Å². The van der Waals surface area contributed by atoms with Crippen LogP contribution >= 0.6 is 0 Å². The van der Waals surface area contributed by atoms with Crippen molar-refractivity contribution < 1.29 is 4.79 Å². The van der Waals surface area contributed by atoms with Gasteiger partial charge in [0.15, 0.2) is 0 Å². The van der Waals surface area contributed by atoms with Gasteiger partial charge in [-0.05, 0) is 73.1 Å². The topological polar surface area (TPSA) is 32.3 Å². The van der Waals surface area contributed by atoms with E-state index >= 15 is 0 Å². The van der Waals surface area contributed by atoms with Gasteiger partial charge in [0, 0.05) is 31.6 Å². The van der Waals surface area contributed by atoms with E-state index in [9.17, 15) is 4.79 Å². The molecule has 154 valence electrons. The molecule has 1 amide bonds. The molecule has 3 heteroatoms. The molecule has 2 aromatic carbocycles. The first-order chi connectivity index (χ1) is 14.2. The Kier molecular flexibility index (Phi) is 5.34. The molecule has 0 saturated heterocycles. The molecule has 4 atom stereocenters. The van der Waals surface area contributed by atoms with Crippen LogP contribution in [-0.2, 0) is 11.3 Å². The molecule has 3 nitrogen and oxygen atoms in total. The number of amides is 1. The smallest absolute Gasteiger partial charge is 0.221 e. The summed E-state index contributed by atoms with van der Waals surface area (Å²) < 4.78 is 0. The van der Waals surface area contributed by atoms with Crippen LogP contribution in [0.1, 0.15) is 57.4 Å². The van der Waals surface area contributed by atoms with Crippen LogP contribution in [0.25, 0.3) is 10.8 Å². The summed E-state index contributed by atoms with van der Waals surface area (Å²) in [6.07, 6.45) is 8.71. The van der Waals surface area contributed by atoms with E-state index in [0.717, 1.165) is 24.9 Å². The molecule has 3 aliphatic carbocycles. The highest BCUT2D eigenvalue weighted by Crippen LogP contribution is 2.49.